The molecule has 0 aliphatic heterocycles. The predicted octanol–water partition coefficient (Wildman–Crippen LogP) is 3.58. The molecule has 0 heterocycles. The number of amides is 1. The van der Waals surface area contributed by atoms with Crippen molar-refractivity contribution in [2.24, 2.45) is 0 Å². The number of anilines is 1. The molecule has 0 radical (unpaired) electrons. The van der Waals surface area contributed by atoms with Crippen molar-refractivity contribution in [3.63, 3.8) is 0 Å². The summed E-state index contributed by atoms with van der Waals surface area (Å²) < 4.78 is 44.5. The molecule has 2 N–H and O–H groups in total. The van der Waals surface area contributed by atoms with Crippen molar-refractivity contribution in [1.82, 2.24) is 5.32 Å². The van der Waals surface area contributed by atoms with Crippen LogP contribution in [0.5, 0.6) is 17.2 Å². The van der Waals surface area contributed by atoms with Gasteiger partial charge in [0.15, 0.2) is 11.5 Å². The van der Waals surface area contributed by atoms with E-state index < -0.39 is 10.0 Å². The molecule has 0 unspecified atom stereocenters. The first kappa shape index (κ1) is 22.7. The molecule has 0 bridgehead atoms. The van der Waals surface area contributed by atoms with E-state index in [1.165, 1.54) is 38.5 Å². The maximum Gasteiger partial charge on any atom is 0.261 e. The van der Waals surface area contributed by atoms with Crippen molar-refractivity contribution in [2.45, 2.75) is 43.5 Å². The molecule has 1 fully saturated rings. The summed E-state index contributed by atoms with van der Waals surface area (Å²) in [6, 6.07) is 9.09. The quantitative estimate of drug-likeness (QED) is 0.608. The minimum atomic E-state index is -3.95. The van der Waals surface area contributed by atoms with Crippen molar-refractivity contribution >= 4 is 21.6 Å². The molecule has 0 atom stereocenters. The Balaban J connectivity index is 1.94. The largest absolute Gasteiger partial charge is 0.494 e. The van der Waals surface area contributed by atoms with E-state index in [-0.39, 0.29) is 28.1 Å². The Morgan fingerprint density at radius 1 is 1.03 bits per heavy atom. The lowest BCUT2D eigenvalue weighted by Crippen LogP contribution is -2.33. The van der Waals surface area contributed by atoms with Crippen LogP contribution in [-0.4, -0.2) is 41.2 Å². The van der Waals surface area contributed by atoms with E-state index in [1.54, 1.807) is 12.1 Å². The van der Waals surface area contributed by atoms with Gasteiger partial charge in [-0.15, -0.1) is 0 Å². The van der Waals surface area contributed by atoms with E-state index in [9.17, 15) is 13.2 Å². The highest BCUT2D eigenvalue weighted by Crippen LogP contribution is 2.35. The summed E-state index contributed by atoms with van der Waals surface area (Å²) >= 11 is 0. The number of sulfonamides is 1. The smallest absolute Gasteiger partial charge is 0.261 e. The lowest BCUT2D eigenvalue weighted by molar-refractivity contribution is 0.0938. The number of rotatable bonds is 9. The summed E-state index contributed by atoms with van der Waals surface area (Å²) in [5.41, 5.74) is 0.279. The molecule has 0 spiro atoms. The number of nitrogens with one attached hydrogen (secondary N) is 2. The van der Waals surface area contributed by atoms with Gasteiger partial charge in [-0.05, 0) is 50.1 Å². The van der Waals surface area contributed by atoms with Crippen LogP contribution in [-0.2, 0) is 10.0 Å². The van der Waals surface area contributed by atoms with Gasteiger partial charge in [-0.1, -0.05) is 12.8 Å². The highest BCUT2D eigenvalue weighted by Gasteiger charge is 2.24. The minimum Gasteiger partial charge on any atom is -0.494 e. The van der Waals surface area contributed by atoms with Crippen LogP contribution in [0.3, 0.4) is 0 Å². The Labute approximate surface area is 182 Å². The lowest BCUT2D eigenvalue weighted by atomic mass is 10.1. The fraction of sp³-hybridized carbons (Fsp3) is 0.409. The van der Waals surface area contributed by atoms with Crippen molar-refractivity contribution in [1.29, 1.82) is 0 Å². The molecule has 8 nitrogen and oxygen atoms in total. The zero-order valence-electron chi connectivity index (χ0n) is 17.9. The van der Waals surface area contributed by atoms with Crippen LogP contribution in [0, 0.1) is 0 Å². The summed E-state index contributed by atoms with van der Waals surface area (Å²) in [4.78, 5) is 13.0. The zero-order chi connectivity index (χ0) is 22.4. The van der Waals surface area contributed by atoms with Crippen molar-refractivity contribution < 1.29 is 27.4 Å². The Bertz CT molecular complexity index is 1020. The minimum absolute atomic E-state index is 0.0490. The average molecular weight is 449 g/mol. The lowest BCUT2D eigenvalue weighted by Gasteiger charge is -2.18. The van der Waals surface area contributed by atoms with Gasteiger partial charge in [0.1, 0.15) is 5.75 Å². The van der Waals surface area contributed by atoms with Crippen molar-refractivity contribution in [3.05, 3.63) is 42.0 Å². The first-order chi connectivity index (χ1) is 14.9. The van der Waals surface area contributed by atoms with Gasteiger partial charge < -0.3 is 19.5 Å². The Morgan fingerprint density at radius 2 is 1.65 bits per heavy atom. The van der Waals surface area contributed by atoms with E-state index in [0.717, 1.165) is 25.7 Å². The molecule has 1 aliphatic carbocycles. The summed E-state index contributed by atoms with van der Waals surface area (Å²) in [5.74, 6) is 0.855. The SMILES string of the molecule is CCOc1ccc(S(=O)(=O)Nc2cc(OC)c(OC)cc2C(=O)NC2CCCC2)cc1. The van der Waals surface area contributed by atoms with Crippen LogP contribution in [0.25, 0.3) is 0 Å². The number of carbonyl (C=O) groups is 1. The van der Waals surface area contributed by atoms with Crippen LogP contribution >= 0.6 is 0 Å². The molecule has 2 aromatic rings. The second-order valence-corrected chi connectivity index (χ2v) is 8.90. The summed E-state index contributed by atoms with van der Waals surface area (Å²) in [7, 11) is -1.05. The number of hydrogen-bond donors (Lipinski definition) is 2. The van der Waals surface area contributed by atoms with Gasteiger partial charge in [-0.25, -0.2) is 8.42 Å². The van der Waals surface area contributed by atoms with Crippen LogP contribution in [0.15, 0.2) is 41.3 Å². The third-order valence-electron chi connectivity index (χ3n) is 5.15. The first-order valence-electron chi connectivity index (χ1n) is 10.2. The van der Waals surface area contributed by atoms with E-state index in [0.29, 0.717) is 23.9 Å². The third kappa shape index (κ3) is 5.41. The molecular weight excluding hydrogens is 420 g/mol. The van der Waals surface area contributed by atoms with Gasteiger partial charge in [-0.3, -0.25) is 9.52 Å². The molecule has 1 amide bonds. The Morgan fingerprint density at radius 3 is 2.23 bits per heavy atom. The van der Waals surface area contributed by atoms with Crippen molar-refractivity contribution in [3.8, 4) is 17.2 Å². The summed E-state index contributed by atoms with van der Waals surface area (Å²) in [6.45, 7) is 2.33. The van der Waals surface area contributed by atoms with Crippen LogP contribution in [0.2, 0.25) is 0 Å². The topological polar surface area (TPSA) is 103 Å². The molecular formula is C22H28N2O6S. The molecule has 0 saturated heterocycles. The summed E-state index contributed by atoms with van der Waals surface area (Å²) in [5, 5.41) is 2.98. The predicted molar refractivity (Wildman–Crippen MR) is 118 cm³/mol. The van der Waals surface area contributed by atoms with Crippen LogP contribution in [0.4, 0.5) is 5.69 Å². The molecule has 1 aliphatic rings. The van der Waals surface area contributed by atoms with Gasteiger partial charge in [-0.2, -0.15) is 0 Å². The van der Waals surface area contributed by atoms with Gasteiger partial charge in [0.2, 0.25) is 0 Å². The normalized spacial score (nSPS) is 14.2. The van der Waals surface area contributed by atoms with E-state index in [2.05, 4.69) is 10.0 Å². The van der Waals surface area contributed by atoms with Crippen LogP contribution < -0.4 is 24.2 Å². The van der Waals surface area contributed by atoms with Crippen molar-refractivity contribution in [2.75, 3.05) is 25.5 Å². The number of carbonyl (C=O) groups excluding carboxylic acids is 1. The van der Waals surface area contributed by atoms with Crippen LogP contribution in [0.1, 0.15) is 43.0 Å². The van der Waals surface area contributed by atoms with Gasteiger partial charge >= 0.3 is 0 Å². The van der Waals surface area contributed by atoms with Gasteiger partial charge in [0.25, 0.3) is 15.9 Å². The van der Waals surface area contributed by atoms with E-state index >= 15 is 0 Å². The van der Waals surface area contributed by atoms with E-state index in [1.807, 2.05) is 6.92 Å². The molecule has 9 heteroatoms. The molecule has 0 aromatic heterocycles. The number of hydrogen-bond acceptors (Lipinski definition) is 6. The number of benzene rings is 2. The fourth-order valence-electron chi connectivity index (χ4n) is 3.57. The molecule has 3 rings (SSSR count). The standard InChI is InChI=1S/C22H28N2O6S/c1-4-30-16-9-11-17(12-10-16)31(26,27)24-19-14-21(29-3)20(28-2)13-18(19)22(25)23-15-7-5-6-8-15/h9-15,24H,4-8H2,1-3H3,(H,23,25). The molecule has 168 valence electrons. The zero-order valence-corrected chi connectivity index (χ0v) is 18.8. The second-order valence-electron chi connectivity index (χ2n) is 7.22. The summed E-state index contributed by atoms with van der Waals surface area (Å²) in [6.07, 6.45) is 3.95. The maximum absolute atomic E-state index is 13.0. The molecule has 2 aromatic carbocycles. The Kier molecular flexibility index (Phi) is 7.27. The highest BCUT2D eigenvalue weighted by molar-refractivity contribution is 7.92. The monoisotopic (exact) mass is 448 g/mol. The number of methoxy groups -OCH3 is 2. The third-order valence-corrected chi connectivity index (χ3v) is 6.53. The molecule has 31 heavy (non-hydrogen) atoms. The average Bonchev–Trinajstić information content (AvgIpc) is 3.26. The Hall–Kier alpha value is -2.94. The maximum atomic E-state index is 13.0. The fourth-order valence-corrected chi connectivity index (χ4v) is 4.64. The second kappa shape index (κ2) is 9.91. The molecule has 1 saturated carbocycles. The van der Waals surface area contributed by atoms with E-state index in [4.69, 9.17) is 14.2 Å². The first-order valence-corrected chi connectivity index (χ1v) is 11.7. The number of ether oxygens (including phenoxy) is 3. The van der Waals surface area contributed by atoms with Gasteiger partial charge in [0.05, 0.1) is 37.0 Å². The highest BCUT2D eigenvalue weighted by atomic mass is 32.2. The van der Waals surface area contributed by atoms with Gasteiger partial charge in [0, 0.05) is 12.1 Å².